The molecule has 0 bridgehead atoms. The van der Waals surface area contributed by atoms with Crippen LogP contribution in [0.3, 0.4) is 0 Å². The van der Waals surface area contributed by atoms with E-state index in [0.29, 0.717) is 6.61 Å². The Labute approximate surface area is 72.3 Å². The van der Waals surface area contributed by atoms with Gasteiger partial charge in [0.2, 0.25) is 0 Å². The Bertz CT molecular complexity index is 283. The molecule has 2 rings (SSSR count). The van der Waals surface area contributed by atoms with Crippen LogP contribution < -0.4 is 0 Å². The van der Waals surface area contributed by atoms with E-state index in [-0.39, 0.29) is 11.9 Å². The van der Waals surface area contributed by atoms with Gasteiger partial charge in [-0.15, -0.1) is 0 Å². The molecule has 0 N–H and O–H groups in total. The van der Waals surface area contributed by atoms with Crippen LogP contribution in [0.2, 0.25) is 0 Å². The minimum atomic E-state index is -0.210. The van der Waals surface area contributed by atoms with E-state index in [1.165, 1.54) is 12.1 Å². The third kappa shape index (κ3) is 1.44. The molecule has 0 unspecified atom stereocenters. The molecule has 0 saturated carbocycles. The third-order valence-electron chi connectivity index (χ3n) is 1.64. The van der Waals surface area contributed by atoms with Gasteiger partial charge in [-0.25, -0.2) is 4.39 Å². The Balaban J connectivity index is 2.42. The van der Waals surface area contributed by atoms with E-state index in [1.807, 2.05) is 0 Å². The fourth-order valence-electron chi connectivity index (χ4n) is 0.989. The van der Waals surface area contributed by atoms with Gasteiger partial charge in [-0.1, -0.05) is 15.9 Å². The van der Waals surface area contributed by atoms with Crippen LogP contribution in [0.15, 0.2) is 22.7 Å². The van der Waals surface area contributed by atoms with E-state index in [0.717, 1.165) is 10.0 Å². The maximum absolute atomic E-state index is 12.7. The average molecular weight is 217 g/mol. The fourth-order valence-corrected chi connectivity index (χ4v) is 1.49. The van der Waals surface area contributed by atoms with E-state index in [1.54, 1.807) is 6.07 Å². The second-order valence-electron chi connectivity index (χ2n) is 2.49. The smallest absolute Gasteiger partial charge is 0.123 e. The molecule has 0 radical (unpaired) electrons. The van der Waals surface area contributed by atoms with E-state index in [9.17, 15) is 4.39 Å². The van der Waals surface area contributed by atoms with Gasteiger partial charge in [0.25, 0.3) is 0 Å². The Kier molecular flexibility index (Phi) is 1.69. The molecule has 0 amide bonds. The van der Waals surface area contributed by atoms with Crippen LogP contribution in [0.4, 0.5) is 4.39 Å². The summed E-state index contributed by atoms with van der Waals surface area (Å²) < 4.78 is 18.6. The van der Waals surface area contributed by atoms with Crippen molar-refractivity contribution in [1.82, 2.24) is 0 Å². The molecule has 1 heterocycles. The molecule has 1 nitrogen and oxygen atoms in total. The molecule has 3 heteroatoms. The molecule has 0 aromatic heterocycles. The van der Waals surface area contributed by atoms with Crippen LogP contribution in [0.25, 0.3) is 0 Å². The first-order chi connectivity index (χ1) is 5.27. The van der Waals surface area contributed by atoms with Crippen LogP contribution in [0.5, 0.6) is 0 Å². The van der Waals surface area contributed by atoms with Crippen molar-refractivity contribution in [3.05, 3.63) is 34.1 Å². The van der Waals surface area contributed by atoms with Gasteiger partial charge < -0.3 is 4.74 Å². The summed E-state index contributed by atoms with van der Waals surface area (Å²) in [7, 11) is 0. The molecular weight excluding hydrogens is 211 g/mol. The number of benzene rings is 1. The van der Waals surface area contributed by atoms with Gasteiger partial charge in [0.15, 0.2) is 0 Å². The van der Waals surface area contributed by atoms with Crippen LogP contribution in [-0.2, 0) is 4.74 Å². The van der Waals surface area contributed by atoms with Crippen molar-refractivity contribution in [3.8, 4) is 0 Å². The van der Waals surface area contributed by atoms with Gasteiger partial charge in [0.05, 0.1) is 6.61 Å². The van der Waals surface area contributed by atoms with Crippen molar-refractivity contribution in [2.45, 2.75) is 6.10 Å². The highest BCUT2D eigenvalue weighted by atomic mass is 79.9. The van der Waals surface area contributed by atoms with E-state index in [4.69, 9.17) is 4.74 Å². The van der Waals surface area contributed by atoms with Crippen LogP contribution in [0, 0.1) is 5.82 Å². The lowest BCUT2D eigenvalue weighted by Crippen LogP contribution is -1.84. The fraction of sp³-hybridized carbons (Fsp3) is 0.250. The first-order valence-corrected chi connectivity index (χ1v) is 4.13. The normalized spacial score (nSPS) is 21.8. The number of epoxide rings is 1. The zero-order valence-corrected chi connectivity index (χ0v) is 7.27. The summed E-state index contributed by atoms with van der Waals surface area (Å²) in [6.45, 7) is 0.710. The van der Waals surface area contributed by atoms with Gasteiger partial charge in [0, 0.05) is 10.0 Å². The minimum absolute atomic E-state index is 0.111. The Hall–Kier alpha value is -0.410. The molecular formula is C8H6BrFO. The third-order valence-corrected chi connectivity index (χ3v) is 2.36. The molecule has 0 aliphatic carbocycles. The van der Waals surface area contributed by atoms with E-state index >= 15 is 0 Å². The predicted molar refractivity (Wildman–Crippen MR) is 42.8 cm³/mol. The van der Waals surface area contributed by atoms with Gasteiger partial charge in [-0.2, -0.15) is 0 Å². The SMILES string of the molecule is Fc1ccc(Br)c([C@@H]2CO2)c1. The number of rotatable bonds is 1. The highest BCUT2D eigenvalue weighted by Crippen LogP contribution is 2.34. The summed E-state index contributed by atoms with van der Waals surface area (Å²) in [5, 5.41) is 0. The van der Waals surface area contributed by atoms with E-state index < -0.39 is 0 Å². The molecule has 1 aromatic rings. The topological polar surface area (TPSA) is 12.5 Å². The van der Waals surface area contributed by atoms with Crippen molar-refractivity contribution in [2.24, 2.45) is 0 Å². The van der Waals surface area contributed by atoms with Crippen molar-refractivity contribution in [2.75, 3.05) is 6.61 Å². The average Bonchev–Trinajstić information content (AvgIpc) is 2.76. The summed E-state index contributed by atoms with van der Waals surface area (Å²) in [5.41, 5.74) is 0.907. The summed E-state index contributed by atoms with van der Waals surface area (Å²) in [6, 6.07) is 4.63. The summed E-state index contributed by atoms with van der Waals surface area (Å²) >= 11 is 3.32. The molecule has 0 spiro atoms. The predicted octanol–water partition coefficient (Wildman–Crippen LogP) is 2.66. The Morgan fingerprint density at radius 3 is 2.91 bits per heavy atom. The lowest BCUT2D eigenvalue weighted by molar-refractivity contribution is 0.414. The highest BCUT2D eigenvalue weighted by molar-refractivity contribution is 9.10. The van der Waals surface area contributed by atoms with Gasteiger partial charge in [0.1, 0.15) is 11.9 Å². The Morgan fingerprint density at radius 1 is 1.55 bits per heavy atom. The van der Waals surface area contributed by atoms with Crippen LogP contribution in [0.1, 0.15) is 11.7 Å². The van der Waals surface area contributed by atoms with Gasteiger partial charge >= 0.3 is 0 Å². The van der Waals surface area contributed by atoms with Crippen molar-refractivity contribution >= 4 is 15.9 Å². The molecule has 1 saturated heterocycles. The molecule has 11 heavy (non-hydrogen) atoms. The second-order valence-corrected chi connectivity index (χ2v) is 3.34. The summed E-state index contributed by atoms with van der Waals surface area (Å²) in [4.78, 5) is 0. The maximum Gasteiger partial charge on any atom is 0.123 e. The molecule has 1 aliphatic rings. The van der Waals surface area contributed by atoms with Crippen molar-refractivity contribution in [1.29, 1.82) is 0 Å². The second kappa shape index (κ2) is 2.57. The molecule has 1 fully saturated rings. The molecule has 1 aromatic carbocycles. The van der Waals surface area contributed by atoms with Crippen molar-refractivity contribution < 1.29 is 9.13 Å². The molecule has 58 valence electrons. The first-order valence-electron chi connectivity index (χ1n) is 3.34. The zero-order valence-electron chi connectivity index (χ0n) is 5.68. The van der Waals surface area contributed by atoms with Gasteiger partial charge in [-0.05, 0) is 18.2 Å². The summed E-state index contributed by atoms with van der Waals surface area (Å²) in [6.07, 6.45) is 0.111. The number of halogens is 2. The first kappa shape index (κ1) is 7.25. The standard InChI is InChI=1S/C8H6BrFO/c9-7-2-1-5(10)3-6(7)8-4-11-8/h1-3,8H,4H2/t8-/m0/s1. The van der Waals surface area contributed by atoms with E-state index in [2.05, 4.69) is 15.9 Å². The number of ether oxygens (including phenoxy) is 1. The number of hydrogen-bond acceptors (Lipinski definition) is 1. The largest absolute Gasteiger partial charge is 0.368 e. The lowest BCUT2D eigenvalue weighted by atomic mass is 10.2. The highest BCUT2D eigenvalue weighted by Gasteiger charge is 2.26. The zero-order chi connectivity index (χ0) is 7.84. The molecule has 1 aliphatic heterocycles. The van der Waals surface area contributed by atoms with Crippen LogP contribution in [-0.4, -0.2) is 6.61 Å². The minimum Gasteiger partial charge on any atom is -0.368 e. The monoisotopic (exact) mass is 216 g/mol. The summed E-state index contributed by atoms with van der Waals surface area (Å²) in [5.74, 6) is -0.210. The maximum atomic E-state index is 12.7. The van der Waals surface area contributed by atoms with Crippen molar-refractivity contribution in [3.63, 3.8) is 0 Å². The molecule has 1 atom stereocenters. The Morgan fingerprint density at radius 2 is 2.27 bits per heavy atom. The van der Waals surface area contributed by atoms with Gasteiger partial charge in [-0.3, -0.25) is 0 Å². The number of hydrogen-bond donors (Lipinski definition) is 0. The quantitative estimate of drug-likeness (QED) is 0.658. The lowest BCUT2D eigenvalue weighted by Gasteiger charge is -1.98. The van der Waals surface area contributed by atoms with Crippen LogP contribution >= 0.6 is 15.9 Å².